The van der Waals surface area contributed by atoms with Crippen molar-refractivity contribution in [2.24, 2.45) is 0 Å². The molecule has 2 aromatic carbocycles. The lowest BCUT2D eigenvalue weighted by atomic mass is 10.1. The van der Waals surface area contributed by atoms with Crippen molar-refractivity contribution >= 4 is 17.4 Å². The second-order valence-electron chi connectivity index (χ2n) is 10.9. The minimum Gasteiger partial charge on any atom is -0.497 e. The number of ether oxygens (including phenoxy) is 1. The van der Waals surface area contributed by atoms with Gasteiger partial charge in [-0.05, 0) is 81.1 Å². The molecule has 0 aliphatic heterocycles. The molecule has 0 unspecified atom stereocenters. The van der Waals surface area contributed by atoms with Crippen LogP contribution in [0, 0.1) is 6.92 Å². The van der Waals surface area contributed by atoms with Gasteiger partial charge in [-0.1, -0.05) is 18.2 Å². The van der Waals surface area contributed by atoms with Crippen molar-refractivity contribution in [2.75, 3.05) is 17.7 Å². The summed E-state index contributed by atoms with van der Waals surface area (Å²) in [4.78, 5) is 23.2. The van der Waals surface area contributed by atoms with E-state index in [9.17, 15) is 4.79 Å². The van der Waals surface area contributed by atoms with E-state index in [1.54, 1.807) is 19.5 Å². The van der Waals surface area contributed by atoms with Gasteiger partial charge in [0, 0.05) is 30.4 Å². The van der Waals surface area contributed by atoms with Gasteiger partial charge in [0.05, 0.1) is 30.4 Å². The molecule has 0 atom stereocenters. The molecule has 0 bridgehead atoms. The molecule has 6 rings (SSSR count). The van der Waals surface area contributed by atoms with Gasteiger partial charge in [-0.15, -0.1) is 10.2 Å². The third-order valence-electron chi connectivity index (χ3n) is 7.45. The van der Waals surface area contributed by atoms with E-state index in [1.807, 2.05) is 70.9 Å². The van der Waals surface area contributed by atoms with Gasteiger partial charge in [0.1, 0.15) is 23.6 Å². The average Bonchev–Trinajstić information content (AvgIpc) is 3.51. The summed E-state index contributed by atoms with van der Waals surface area (Å²) in [6.45, 7) is 6.70. The number of hydrogen-bond acceptors (Lipinski definition) is 7. The number of pyridine rings is 1. The largest absolute Gasteiger partial charge is 0.497 e. The molecule has 42 heavy (non-hydrogen) atoms. The summed E-state index contributed by atoms with van der Waals surface area (Å²) in [6, 6.07) is 17.4. The summed E-state index contributed by atoms with van der Waals surface area (Å²) >= 11 is 0. The fourth-order valence-corrected chi connectivity index (χ4v) is 4.93. The molecular weight excluding hydrogens is 528 g/mol. The van der Waals surface area contributed by atoms with Crippen LogP contribution in [0.2, 0.25) is 0 Å². The molecule has 0 radical (unpaired) electrons. The molecule has 1 aliphatic carbocycles. The van der Waals surface area contributed by atoms with Crippen molar-refractivity contribution in [3.8, 4) is 23.0 Å². The number of aryl methyl sites for hydroxylation is 1. The fraction of sp³-hybridized carbons (Fsp3) is 0.281. The van der Waals surface area contributed by atoms with Crippen LogP contribution >= 0.6 is 0 Å². The molecule has 10 nitrogen and oxygen atoms in total. The van der Waals surface area contributed by atoms with Crippen molar-refractivity contribution < 1.29 is 9.53 Å². The Morgan fingerprint density at radius 2 is 1.90 bits per heavy atom. The highest BCUT2D eigenvalue weighted by atomic mass is 16.5. The zero-order valence-corrected chi connectivity index (χ0v) is 24.2. The van der Waals surface area contributed by atoms with E-state index < -0.39 is 0 Å². The van der Waals surface area contributed by atoms with E-state index in [0.717, 1.165) is 33.9 Å². The van der Waals surface area contributed by atoms with Gasteiger partial charge >= 0.3 is 0 Å². The molecule has 214 valence electrons. The summed E-state index contributed by atoms with van der Waals surface area (Å²) < 4.78 is 9.24. The molecule has 3 aromatic heterocycles. The predicted molar refractivity (Wildman–Crippen MR) is 162 cm³/mol. The first kappa shape index (κ1) is 27.2. The molecule has 1 saturated carbocycles. The number of nitrogens with one attached hydrogen (secondary N) is 2. The number of methoxy groups -OCH3 is 1. The number of aromatic nitrogens is 6. The number of imidazole rings is 1. The summed E-state index contributed by atoms with van der Waals surface area (Å²) in [6.07, 6.45) is 7.95. The van der Waals surface area contributed by atoms with Crippen molar-refractivity contribution in [1.82, 2.24) is 29.3 Å². The van der Waals surface area contributed by atoms with Gasteiger partial charge in [-0.25, -0.2) is 9.97 Å². The standard InChI is InChI=1S/C32H34N8O2/c1-20(2)40-19-35-38-31(40)26-6-5-7-30(36-26)37-32(41)25-15-29(39-17-28(34-18-39)23-10-11-23)21(3)14-27(25)33-16-22-8-12-24(42-4)13-9-22/h5-9,12-15,17-20,23,33H,10-11,16H2,1-4H3,(H,36,37,41). The molecule has 5 aromatic rings. The highest BCUT2D eigenvalue weighted by Crippen LogP contribution is 2.39. The molecule has 0 spiro atoms. The SMILES string of the molecule is COc1ccc(CNc2cc(C)c(-n3cnc(C4CC4)c3)cc2C(=O)Nc2cccc(-c3nncn3C(C)C)n2)cc1. The van der Waals surface area contributed by atoms with E-state index in [0.29, 0.717) is 35.4 Å². The number of hydrogen-bond donors (Lipinski definition) is 2. The number of anilines is 2. The summed E-state index contributed by atoms with van der Waals surface area (Å²) in [5, 5.41) is 14.8. The fourth-order valence-electron chi connectivity index (χ4n) is 4.93. The molecule has 1 aliphatic rings. The Balaban J connectivity index is 1.31. The highest BCUT2D eigenvalue weighted by molar-refractivity contribution is 6.08. The van der Waals surface area contributed by atoms with Crippen molar-refractivity contribution in [3.05, 3.63) is 95.8 Å². The maximum absolute atomic E-state index is 13.9. The van der Waals surface area contributed by atoms with Gasteiger partial charge < -0.3 is 24.5 Å². The third-order valence-corrected chi connectivity index (χ3v) is 7.45. The van der Waals surface area contributed by atoms with Gasteiger partial charge in [-0.3, -0.25) is 4.79 Å². The van der Waals surface area contributed by atoms with Gasteiger partial charge in [0.25, 0.3) is 5.91 Å². The smallest absolute Gasteiger partial charge is 0.258 e. The quantitative estimate of drug-likeness (QED) is 0.209. The summed E-state index contributed by atoms with van der Waals surface area (Å²) in [5.74, 6) is 2.14. The lowest BCUT2D eigenvalue weighted by molar-refractivity contribution is 0.102. The Bertz CT molecular complexity index is 1720. The molecular formula is C32H34N8O2. The Morgan fingerprint density at radius 1 is 1.10 bits per heavy atom. The monoisotopic (exact) mass is 562 g/mol. The van der Waals surface area contributed by atoms with Crippen LogP contribution in [0.3, 0.4) is 0 Å². The lowest BCUT2D eigenvalue weighted by Crippen LogP contribution is -2.17. The normalized spacial score (nSPS) is 12.9. The summed E-state index contributed by atoms with van der Waals surface area (Å²) in [7, 11) is 1.65. The maximum atomic E-state index is 13.9. The van der Waals surface area contributed by atoms with Crippen LogP contribution in [0.5, 0.6) is 5.75 Å². The minimum atomic E-state index is -0.272. The topological polar surface area (TPSA) is 112 Å². The first-order valence-corrected chi connectivity index (χ1v) is 14.1. The Kier molecular flexibility index (Phi) is 7.43. The first-order valence-electron chi connectivity index (χ1n) is 14.1. The Hall–Kier alpha value is -4.99. The predicted octanol–water partition coefficient (Wildman–Crippen LogP) is 6.17. The van der Waals surface area contributed by atoms with Crippen molar-refractivity contribution in [1.29, 1.82) is 0 Å². The van der Waals surface area contributed by atoms with E-state index in [-0.39, 0.29) is 11.9 Å². The molecule has 10 heteroatoms. The molecule has 1 amide bonds. The van der Waals surface area contributed by atoms with E-state index >= 15 is 0 Å². The lowest BCUT2D eigenvalue weighted by Gasteiger charge is -2.17. The van der Waals surface area contributed by atoms with Crippen LogP contribution < -0.4 is 15.4 Å². The summed E-state index contributed by atoms with van der Waals surface area (Å²) in [5.41, 5.74) is 5.95. The highest BCUT2D eigenvalue weighted by Gasteiger charge is 2.26. The van der Waals surface area contributed by atoms with Crippen molar-refractivity contribution in [3.63, 3.8) is 0 Å². The van der Waals surface area contributed by atoms with Gasteiger partial charge in [0.2, 0.25) is 0 Å². The van der Waals surface area contributed by atoms with Crippen LogP contribution in [-0.2, 0) is 6.54 Å². The second-order valence-corrected chi connectivity index (χ2v) is 10.9. The van der Waals surface area contributed by atoms with Crippen LogP contribution in [-0.4, -0.2) is 42.3 Å². The average molecular weight is 563 g/mol. The zero-order valence-electron chi connectivity index (χ0n) is 24.2. The van der Waals surface area contributed by atoms with E-state index in [2.05, 4.69) is 50.8 Å². The molecule has 1 fully saturated rings. The number of nitrogens with zero attached hydrogens (tertiary/aromatic N) is 6. The minimum absolute atomic E-state index is 0.170. The van der Waals surface area contributed by atoms with Gasteiger partial charge in [0.15, 0.2) is 5.82 Å². The Labute approximate surface area is 244 Å². The van der Waals surface area contributed by atoms with Crippen LogP contribution in [0.25, 0.3) is 17.2 Å². The van der Waals surface area contributed by atoms with Crippen molar-refractivity contribution in [2.45, 2.75) is 52.1 Å². The number of rotatable bonds is 10. The number of amides is 1. The van der Waals surface area contributed by atoms with E-state index in [4.69, 9.17) is 4.74 Å². The molecule has 0 saturated heterocycles. The molecule has 3 heterocycles. The Morgan fingerprint density at radius 3 is 2.64 bits per heavy atom. The third kappa shape index (κ3) is 5.74. The van der Waals surface area contributed by atoms with Crippen LogP contribution in [0.15, 0.2) is 73.4 Å². The van der Waals surface area contributed by atoms with Crippen LogP contribution in [0.1, 0.15) is 65.8 Å². The maximum Gasteiger partial charge on any atom is 0.258 e. The van der Waals surface area contributed by atoms with Crippen LogP contribution in [0.4, 0.5) is 11.5 Å². The van der Waals surface area contributed by atoms with Gasteiger partial charge in [-0.2, -0.15) is 0 Å². The van der Waals surface area contributed by atoms with E-state index in [1.165, 1.54) is 12.8 Å². The number of benzene rings is 2. The number of carbonyl (C=O) groups excluding carboxylic acids is 1. The second kappa shape index (κ2) is 11.5. The molecule has 2 N–H and O–H groups in total. The number of carbonyl (C=O) groups is 1. The zero-order chi connectivity index (χ0) is 29.2. The first-order chi connectivity index (χ1) is 20.4.